The van der Waals surface area contributed by atoms with E-state index in [2.05, 4.69) is 9.97 Å². The summed E-state index contributed by atoms with van der Waals surface area (Å²) >= 11 is 5.90. The molecule has 0 saturated carbocycles. The summed E-state index contributed by atoms with van der Waals surface area (Å²) in [5.41, 5.74) is 5.64. The number of carbonyl (C=O) groups excluding carboxylic acids is 1. The third kappa shape index (κ3) is 4.13. The maximum atomic E-state index is 13.1. The molecular weight excluding hydrogens is 409 g/mol. The first-order valence-corrected chi connectivity index (χ1v) is 8.95. The molecule has 0 fully saturated rings. The molecule has 1 aromatic carbocycles. The number of hydrogen-bond donors (Lipinski definition) is 2. The highest BCUT2D eigenvalue weighted by molar-refractivity contribution is 6.34. The molecule has 3 rings (SSSR count). The molecule has 2 heterocycles. The third-order valence-electron chi connectivity index (χ3n) is 4.59. The molecule has 2 aromatic rings. The van der Waals surface area contributed by atoms with Crippen molar-refractivity contribution >= 4 is 23.5 Å². The summed E-state index contributed by atoms with van der Waals surface area (Å²) in [6.45, 7) is 1.72. The van der Waals surface area contributed by atoms with Crippen LogP contribution in [0.15, 0.2) is 48.1 Å². The Morgan fingerprint density at radius 1 is 1.28 bits per heavy atom. The lowest BCUT2D eigenvalue weighted by atomic mass is 10.0. The van der Waals surface area contributed by atoms with E-state index >= 15 is 0 Å². The van der Waals surface area contributed by atoms with E-state index in [1.807, 2.05) is 0 Å². The van der Waals surface area contributed by atoms with Gasteiger partial charge in [0.1, 0.15) is 0 Å². The molecule has 0 spiro atoms. The fourth-order valence-corrected chi connectivity index (χ4v) is 3.40. The number of hydrogen-bond acceptors (Lipinski definition) is 6. The zero-order valence-corrected chi connectivity index (χ0v) is 16.1. The summed E-state index contributed by atoms with van der Waals surface area (Å²) in [6.07, 6.45) is -1.35. The van der Waals surface area contributed by atoms with E-state index in [1.165, 1.54) is 28.4 Å². The molecule has 0 bridgehead atoms. The van der Waals surface area contributed by atoms with Crippen molar-refractivity contribution < 1.29 is 18.0 Å². The second-order valence-electron chi connectivity index (χ2n) is 6.54. The monoisotopic (exact) mass is 426 g/mol. The number of nitrogens with zero attached hydrogens (tertiary/aromatic N) is 4. The van der Waals surface area contributed by atoms with Gasteiger partial charge in [0.2, 0.25) is 5.95 Å². The molecule has 7 nitrogen and oxygen atoms in total. The molecule has 11 heteroatoms. The Labute approximate surface area is 169 Å². The fraction of sp³-hybridized carbons (Fsp3) is 0.278. The van der Waals surface area contributed by atoms with Crippen LogP contribution in [0.3, 0.4) is 0 Å². The number of nitrogens with two attached hydrogens (primary N) is 2. The molecular formula is C18H18ClF3N6O. The van der Waals surface area contributed by atoms with Crippen molar-refractivity contribution in [3.63, 3.8) is 0 Å². The number of hydrazine groups is 1. The minimum absolute atomic E-state index is 0.0254. The lowest BCUT2D eigenvalue weighted by molar-refractivity contribution is -0.137. The SMILES string of the molecule is CC1CC(N(N)c2ncccn2)=C(N)CN1C(=O)c1cccc(C(F)(F)F)c1Cl. The van der Waals surface area contributed by atoms with Crippen LogP contribution in [0.25, 0.3) is 0 Å². The molecule has 0 radical (unpaired) electrons. The number of alkyl halides is 3. The van der Waals surface area contributed by atoms with E-state index in [1.54, 1.807) is 13.0 Å². The minimum atomic E-state index is -4.66. The van der Waals surface area contributed by atoms with Gasteiger partial charge in [0, 0.05) is 30.6 Å². The first-order valence-electron chi connectivity index (χ1n) is 8.57. The van der Waals surface area contributed by atoms with Crippen LogP contribution in [0.1, 0.15) is 29.3 Å². The summed E-state index contributed by atoms with van der Waals surface area (Å²) in [5, 5.41) is 0.605. The van der Waals surface area contributed by atoms with Crippen LogP contribution in [-0.4, -0.2) is 33.4 Å². The number of amides is 1. The van der Waals surface area contributed by atoms with Gasteiger partial charge in [0.15, 0.2) is 0 Å². The van der Waals surface area contributed by atoms with Crippen molar-refractivity contribution in [3.05, 3.63) is 64.2 Å². The Kier molecular flexibility index (Phi) is 5.67. The molecule has 4 N–H and O–H groups in total. The Morgan fingerprint density at radius 3 is 2.55 bits per heavy atom. The highest BCUT2D eigenvalue weighted by Gasteiger charge is 2.37. The molecule has 0 aliphatic carbocycles. The Balaban J connectivity index is 1.89. The van der Waals surface area contributed by atoms with Gasteiger partial charge in [-0.15, -0.1) is 0 Å². The van der Waals surface area contributed by atoms with Crippen molar-refractivity contribution in [3.8, 4) is 0 Å². The largest absolute Gasteiger partial charge is 0.417 e. The number of carbonyl (C=O) groups is 1. The van der Waals surface area contributed by atoms with Gasteiger partial charge in [0.05, 0.1) is 28.4 Å². The topological polar surface area (TPSA) is 101 Å². The van der Waals surface area contributed by atoms with Gasteiger partial charge in [0.25, 0.3) is 5.91 Å². The van der Waals surface area contributed by atoms with E-state index in [-0.39, 0.29) is 30.2 Å². The number of anilines is 1. The number of benzene rings is 1. The third-order valence-corrected chi connectivity index (χ3v) is 4.99. The van der Waals surface area contributed by atoms with Crippen molar-refractivity contribution in [1.82, 2.24) is 14.9 Å². The van der Waals surface area contributed by atoms with Crippen LogP contribution < -0.4 is 16.6 Å². The van der Waals surface area contributed by atoms with Crippen LogP contribution in [0, 0.1) is 0 Å². The smallest absolute Gasteiger partial charge is 0.399 e. The second kappa shape index (κ2) is 7.88. The van der Waals surface area contributed by atoms with E-state index in [0.29, 0.717) is 5.70 Å². The molecule has 0 saturated heterocycles. The lowest BCUT2D eigenvalue weighted by Gasteiger charge is -2.37. The van der Waals surface area contributed by atoms with Crippen molar-refractivity contribution in [1.29, 1.82) is 0 Å². The summed E-state index contributed by atoms with van der Waals surface area (Å²) < 4.78 is 39.3. The van der Waals surface area contributed by atoms with E-state index < -0.39 is 28.7 Å². The Bertz CT molecular complexity index is 950. The van der Waals surface area contributed by atoms with Crippen LogP contribution in [-0.2, 0) is 6.18 Å². The highest BCUT2D eigenvalue weighted by Crippen LogP contribution is 2.37. The maximum absolute atomic E-state index is 13.1. The standard InChI is InChI=1S/C18H18ClF3N6O/c1-10-8-14(28(24)17-25-6-3-7-26-17)13(23)9-27(10)16(29)11-4-2-5-12(15(11)19)18(20,21)22/h2-7,10H,8-9,23-24H2,1H3. The van der Waals surface area contributed by atoms with E-state index in [4.69, 9.17) is 23.2 Å². The van der Waals surface area contributed by atoms with Crippen LogP contribution >= 0.6 is 11.6 Å². The minimum Gasteiger partial charge on any atom is -0.399 e. The van der Waals surface area contributed by atoms with Gasteiger partial charge in [-0.1, -0.05) is 17.7 Å². The van der Waals surface area contributed by atoms with Gasteiger partial charge in [-0.05, 0) is 25.1 Å². The zero-order chi connectivity index (χ0) is 21.3. The van der Waals surface area contributed by atoms with Gasteiger partial charge >= 0.3 is 6.18 Å². The van der Waals surface area contributed by atoms with Crippen molar-refractivity contribution in [2.45, 2.75) is 25.6 Å². The Morgan fingerprint density at radius 2 is 1.93 bits per heavy atom. The maximum Gasteiger partial charge on any atom is 0.417 e. The first kappa shape index (κ1) is 20.9. The average molecular weight is 427 g/mol. The normalized spacial score (nSPS) is 17.4. The second-order valence-corrected chi connectivity index (χ2v) is 6.92. The summed E-state index contributed by atoms with van der Waals surface area (Å²) in [7, 11) is 0. The number of halogens is 4. The molecule has 1 atom stereocenters. The quantitative estimate of drug-likeness (QED) is 0.578. The van der Waals surface area contributed by atoms with Gasteiger partial charge in [-0.2, -0.15) is 13.2 Å². The predicted molar refractivity (Wildman–Crippen MR) is 101 cm³/mol. The van der Waals surface area contributed by atoms with E-state index in [9.17, 15) is 18.0 Å². The molecule has 29 heavy (non-hydrogen) atoms. The molecule has 1 aliphatic rings. The predicted octanol–water partition coefficient (Wildman–Crippen LogP) is 2.93. The molecule has 1 amide bonds. The lowest BCUT2D eigenvalue weighted by Crippen LogP contribution is -2.48. The Hall–Kier alpha value is -2.85. The van der Waals surface area contributed by atoms with Gasteiger partial charge in [-0.3, -0.25) is 4.79 Å². The number of rotatable bonds is 3. The molecule has 1 unspecified atom stereocenters. The van der Waals surface area contributed by atoms with Crippen LogP contribution in [0.2, 0.25) is 5.02 Å². The fourth-order valence-electron chi connectivity index (χ4n) is 3.08. The van der Waals surface area contributed by atoms with Crippen molar-refractivity contribution in [2.75, 3.05) is 11.6 Å². The van der Waals surface area contributed by atoms with Gasteiger partial charge in [-0.25, -0.2) is 20.8 Å². The molecule has 1 aliphatic heterocycles. The zero-order valence-electron chi connectivity index (χ0n) is 15.3. The summed E-state index contributed by atoms with van der Waals surface area (Å²) in [5.74, 6) is 5.66. The van der Waals surface area contributed by atoms with Crippen LogP contribution in [0.5, 0.6) is 0 Å². The highest BCUT2D eigenvalue weighted by atomic mass is 35.5. The van der Waals surface area contributed by atoms with Gasteiger partial charge < -0.3 is 10.6 Å². The first-order chi connectivity index (χ1) is 13.6. The van der Waals surface area contributed by atoms with Crippen LogP contribution in [0.4, 0.5) is 19.1 Å². The van der Waals surface area contributed by atoms with E-state index in [0.717, 1.165) is 12.1 Å². The average Bonchev–Trinajstić information content (AvgIpc) is 2.68. The number of aromatic nitrogens is 2. The molecule has 1 aromatic heterocycles. The molecule has 154 valence electrons. The summed E-state index contributed by atoms with van der Waals surface area (Å²) in [6, 6.07) is 4.48. The van der Waals surface area contributed by atoms with Crippen molar-refractivity contribution in [2.24, 2.45) is 11.6 Å². The summed E-state index contributed by atoms with van der Waals surface area (Å²) in [4.78, 5) is 22.4.